The molecule has 0 bridgehead atoms. The summed E-state index contributed by atoms with van der Waals surface area (Å²) in [6, 6.07) is 9.57. The highest BCUT2D eigenvalue weighted by Gasteiger charge is 2.32. The van der Waals surface area contributed by atoms with Gasteiger partial charge in [-0.1, -0.05) is 17.8 Å². The molecule has 0 spiro atoms. The molecule has 10 heteroatoms. The third-order valence-corrected chi connectivity index (χ3v) is 5.32. The third-order valence-electron chi connectivity index (χ3n) is 3.44. The highest BCUT2D eigenvalue weighted by molar-refractivity contribution is 8.15. The summed E-state index contributed by atoms with van der Waals surface area (Å²) >= 11 is 2.66. The summed E-state index contributed by atoms with van der Waals surface area (Å²) in [7, 11) is 0. The normalized spacial score (nSPS) is 18.0. The molecule has 3 N–H and O–H groups in total. The highest BCUT2D eigenvalue weighted by Crippen LogP contribution is 2.23. The van der Waals surface area contributed by atoms with Gasteiger partial charge in [0.15, 0.2) is 5.17 Å². The molecular formula is C17H14N4O4S2. The zero-order valence-corrected chi connectivity index (χ0v) is 15.4. The van der Waals surface area contributed by atoms with Crippen molar-refractivity contribution in [3.63, 3.8) is 0 Å². The molecule has 1 aromatic heterocycles. The first-order valence-corrected chi connectivity index (χ1v) is 9.52. The number of thioether (sulfide) groups is 1. The molecule has 2 aromatic rings. The van der Waals surface area contributed by atoms with Crippen molar-refractivity contribution in [2.75, 3.05) is 5.32 Å². The Balaban J connectivity index is 1.53. The molecular weight excluding hydrogens is 388 g/mol. The highest BCUT2D eigenvalue weighted by atomic mass is 32.2. The van der Waals surface area contributed by atoms with Crippen LogP contribution in [0.15, 0.2) is 52.0 Å². The number of amides is 2. The lowest BCUT2D eigenvalue weighted by Gasteiger charge is -2.07. The predicted molar refractivity (Wildman–Crippen MR) is 106 cm³/mol. The van der Waals surface area contributed by atoms with Crippen molar-refractivity contribution in [2.45, 2.75) is 11.7 Å². The van der Waals surface area contributed by atoms with Crippen LogP contribution in [0, 0.1) is 0 Å². The zero-order chi connectivity index (χ0) is 19.2. The van der Waals surface area contributed by atoms with Gasteiger partial charge in [0.05, 0.1) is 11.8 Å². The van der Waals surface area contributed by atoms with Gasteiger partial charge in [0.25, 0.3) is 0 Å². The fraction of sp³-hybridized carbons (Fsp3) is 0.118. The topological polar surface area (TPSA) is 120 Å². The van der Waals surface area contributed by atoms with Gasteiger partial charge in [-0.25, -0.2) is 4.79 Å². The van der Waals surface area contributed by atoms with Crippen molar-refractivity contribution in [1.29, 1.82) is 0 Å². The van der Waals surface area contributed by atoms with Gasteiger partial charge in [0.2, 0.25) is 11.8 Å². The second kappa shape index (κ2) is 8.60. The van der Waals surface area contributed by atoms with Crippen molar-refractivity contribution in [3.05, 3.63) is 52.2 Å². The van der Waals surface area contributed by atoms with Crippen LogP contribution in [0.2, 0.25) is 0 Å². The minimum absolute atomic E-state index is 0.0369. The molecule has 2 heterocycles. The summed E-state index contributed by atoms with van der Waals surface area (Å²) < 4.78 is 0. The fourth-order valence-electron chi connectivity index (χ4n) is 2.17. The van der Waals surface area contributed by atoms with Gasteiger partial charge in [-0.05, 0) is 35.7 Å². The van der Waals surface area contributed by atoms with Crippen molar-refractivity contribution in [2.24, 2.45) is 10.2 Å². The van der Waals surface area contributed by atoms with Gasteiger partial charge >= 0.3 is 5.97 Å². The molecule has 0 saturated carbocycles. The first-order chi connectivity index (χ1) is 13.0. The number of amidine groups is 1. The number of carboxylic acids is 1. The zero-order valence-electron chi connectivity index (χ0n) is 13.8. The number of carbonyl (C=O) groups excluding carboxylic acids is 2. The average Bonchev–Trinajstić information content (AvgIpc) is 3.26. The maximum atomic E-state index is 12.1. The van der Waals surface area contributed by atoms with E-state index < -0.39 is 11.2 Å². The SMILES string of the molecule is O=C(C[C@@H]1S/C(=N/N=C/c2cccs2)NC1=O)Nc1ccc(C(=O)O)cc1. The van der Waals surface area contributed by atoms with Gasteiger partial charge < -0.3 is 15.7 Å². The van der Waals surface area contributed by atoms with Gasteiger partial charge in [0.1, 0.15) is 5.25 Å². The molecule has 1 aliphatic rings. The summed E-state index contributed by atoms with van der Waals surface area (Å²) in [6.07, 6.45) is 1.55. The number of nitrogens with one attached hydrogen (secondary N) is 2. The van der Waals surface area contributed by atoms with E-state index in [0.717, 1.165) is 16.6 Å². The van der Waals surface area contributed by atoms with Crippen molar-refractivity contribution in [3.8, 4) is 0 Å². The van der Waals surface area contributed by atoms with Crippen LogP contribution in [0.5, 0.6) is 0 Å². The van der Waals surface area contributed by atoms with Gasteiger partial charge in [-0.15, -0.1) is 16.4 Å². The number of aromatic carboxylic acids is 1. The Morgan fingerprint density at radius 3 is 2.70 bits per heavy atom. The van der Waals surface area contributed by atoms with Gasteiger partial charge in [0, 0.05) is 17.0 Å². The molecule has 138 valence electrons. The number of rotatable bonds is 6. The Hall–Kier alpha value is -2.98. The predicted octanol–water partition coefficient (Wildman–Crippen LogP) is 2.40. The number of hydrogen-bond donors (Lipinski definition) is 3. The molecule has 8 nitrogen and oxygen atoms in total. The molecule has 3 rings (SSSR count). The lowest BCUT2D eigenvalue weighted by atomic mass is 10.2. The van der Waals surface area contributed by atoms with Gasteiger partial charge in [-0.3, -0.25) is 9.59 Å². The number of nitrogens with zero attached hydrogens (tertiary/aromatic N) is 2. The number of hydrogen-bond acceptors (Lipinski definition) is 7. The van der Waals surface area contributed by atoms with E-state index in [-0.39, 0.29) is 23.8 Å². The van der Waals surface area contributed by atoms with Crippen LogP contribution in [0.4, 0.5) is 5.69 Å². The number of benzene rings is 1. The van der Waals surface area contributed by atoms with E-state index in [1.807, 2.05) is 17.5 Å². The quantitative estimate of drug-likeness (QED) is 0.506. The van der Waals surface area contributed by atoms with E-state index in [0.29, 0.717) is 10.9 Å². The molecule has 27 heavy (non-hydrogen) atoms. The maximum absolute atomic E-state index is 12.1. The van der Waals surface area contributed by atoms with Crippen molar-refractivity contribution >= 4 is 58.0 Å². The van der Waals surface area contributed by atoms with Crippen LogP contribution in [0.1, 0.15) is 21.7 Å². The Labute approximate surface area is 162 Å². The second-order valence-electron chi connectivity index (χ2n) is 5.40. The average molecular weight is 402 g/mol. The van der Waals surface area contributed by atoms with Crippen LogP contribution >= 0.6 is 23.1 Å². The molecule has 1 aliphatic heterocycles. The fourth-order valence-corrected chi connectivity index (χ4v) is 3.67. The second-order valence-corrected chi connectivity index (χ2v) is 7.57. The lowest BCUT2D eigenvalue weighted by molar-refractivity contribution is -0.122. The molecule has 1 aromatic carbocycles. The standard InChI is InChI=1S/C17H14N4O4S2/c22-14(19-11-5-3-10(4-6-11)16(24)25)8-13-15(23)20-17(27-13)21-18-9-12-2-1-7-26-12/h1-7,9,13H,8H2,(H,19,22)(H,24,25)(H,20,21,23)/b18-9+/t13-/m0/s1. The van der Waals surface area contributed by atoms with E-state index in [2.05, 4.69) is 20.8 Å². The molecule has 1 fully saturated rings. The molecule has 1 saturated heterocycles. The van der Waals surface area contributed by atoms with E-state index in [4.69, 9.17) is 5.11 Å². The van der Waals surface area contributed by atoms with Crippen molar-refractivity contribution in [1.82, 2.24) is 5.32 Å². The smallest absolute Gasteiger partial charge is 0.335 e. The Morgan fingerprint density at radius 1 is 1.26 bits per heavy atom. The van der Waals surface area contributed by atoms with E-state index in [1.54, 1.807) is 6.21 Å². The summed E-state index contributed by atoms with van der Waals surface area (Å²) in [4.78, 5) is 35.9. The van der Waals surface area contributed by atoms with Crippen LogP contribution in [-0.2, 0) is 9.59 Å². The minimum atomic E-state index is -1.04. The number of carbonyl (C=O) groups is 3. The van der Waals surface area contributed by atoms with E-state index in [9.17, 15) is 14.4 Å². The summed E-state index contributed by atoms with van der Waals surface area (Å²) in [5.74, 6) is -1.70. The minimum Gasteiger partial charge on any atom is -0.478 e. The van der Waals surface area contributed by atoms with Crippen LogP contribution in [0.25, 0.3) is 0 Å². The molecule has 2 amide bonds. The number of carboxylic acid groups (broad SMARTS) is 1. The third kappa shape index (κ3) is 5.25. The Kier molecular flexibility index (Phi) is 5.99. The number of anilines is 1. The molecule has 0 aliphatic carbocycles. The van der Waals surface area contributed by atoms with Crippen LogP contribution in [-0.4, -0.2) is 39.5 Å². The van der Waals surface area contributed by atoms with Crippen LogP contribution in [0.3, 0.4) is 0 Å². The lowest BCUT2D eigenvalue weighted by Crippen LogP contribution is -2.28. The summed E-state index contributed by atoms with van der Waals surface area (Å²) in [5, 5.41) is 23.6. The van der Waals surface area contributed by atoms with E-state index >= 15 is 0 Å². The van der Waals surface area contributed by atoms with Crippen LogP contribution < -0.4 is 10.6 Å². The maximum Gasteiger partial charge on any atom is 0.335 e. The van der Waals surface area contributed by atoms with E-state index in [1.165, 1.54) is 35.6 Å². The van der Waals surface area contributed by atoms with Gasteiger partial charge in [-0.2, -0.15) is 5.10 Å². The van der Waals surface area contributed by atoms with Crippen molar-refractivity contribution < 1.29 is 19.5 Å². The Bertz CT molecular complexity index is 908. The summed E-state index contributed by atoms with van der Waals surface area (Å²) in [5.41, 5.74) is 0.588. The summed E-state index contributed by atoms with van der Waals surface area (Å²) in [6.45, 7) is 0. The Morgan fingerprint density at radius 2 is 2.04 bits per heavy atom. The largest absolute Gasteiger partial charge is 0.478 e. The molecule has 0 radical (unpaired) electrons. The number of thiophene rings is 1. The molecule has 1 atom stereocenters. The molecule has 0 unspecified atom stereocenters. The first-order valence-electron chi connectivity index (χ1n) is 7.76. The monoisotopic (exact) mass is 402 g/mol. The first kappa shape index (κ1) is 18.8.